The largest absolute Gasteiger partial charge is 0.339 e. The molecule has 29 heavy (non-hydrogen) atoms. The Morgan fingerprint density at radius 1 is 0.897 bits per heavy atom. The van der Waals surface area contributed by atoms with Crippen LogP contribution in [0.5, 0.6) is 0 Å². The summed E-state index contributed by atoms with van der Waals surface area (Å²) in [6, 6.07) is 20.8. The zero-order valence-corrected chi connectivity index (χ0v) is 16.0. The van der Waals surface area contributed by atoms with Gasteiger partial charge in [0.2, 0.25) is 0 Å². The Labute approximate surface area is 169 Å². The SMILES string of the molecule is C=C(C)c1ccc(NC(=O)c2cccnc2Nc2cccc3ncccc23)cc1. The van der Waals surface area contributed by atoms with Crippen LogP contribution in [0, 0.1) is 0 Å². The maximum atomic E-state index is 12.9. The lowest BCUT2D eigenvalue weighted by atomic mass is 10.1. The van der Waals surface area contributed by atoms with Crippen molar-refractivity contribution >= 4 is 39.6 Å². The second kappa shape index (κ2) is 7.94. The number of amides is 1. The summed E-state index contributed by atoms with van der Waals surface area (Å²) in [6.45, 7) is 5.88. The third kappa shape index (κ3) is 3.99. The van der Waals surface area contributed by atoms with E-state index in [9.17, 15) is 4.79 Å². The Balaban J connectivity index is 1.61. The highest BCUT2D eigenvalue weighted by atomic mass is 16.1. The highest BCUT2D eigenvalue weighted by Gasteiger charge is 2.14. The predicted molar refractivity (Wildman–Crippen MR) is 118 cm³/mol. The molecule has 4 rings (SSSR count). The lowest BCUT2D eigenvalue weighted by Gasteiger charge is -2.13. The van der Waals surface area contributed by atoms with Crippen LogP contribution in [0.3, 0.4) is 0 Å². The molecular weight excluding hydrogens is 360 g/mol. The van der Waals surface area contributed by atoms with Crippen molar-refractivity contribution in [2.24, 2.45) is 0 Å². The zero-order valence-electron chi connectivity index (χ0n) is 16.0. The summed E-state index contributed by atoms with van der Waals surface area (Å²) in [6.07, 6.45) is 3.41. The number of allylic oxidation sites excluding steroid dienone is 1. The molecule has 4 aromatic rings. The summed E-state index contributed by atoms with van der Waals surface area (Å²) in [4.78, 5) is 21.6. The van der Waals surface area contributed by atoms with Gasteiger partial charge in [-0.3, -0.25) is 9.78 Å². The number of carbonyl (C=O) groups excluding carboxylic acids is 1. The van der Waals surface area contributed by atoms with E-state index < -0.39 is 0 Å². The molecule has 142 valence electrons. The molecule has 0 saturated heterocycles. The molecule has 0 aliphatic heterocycles. The van der Waals surface area contributed by atoms with Gasteiger partial charge in [-0.05, 0) is 61.0 Å². The van der Waals surface area contributed by atoms with Crippen molar-refractivity contribution in [1.29, 1.82) is 0 Å². The maximum Gasteiger partial charge on any atom is 0.259 e. The third-order valence-electron chi connectivity index (χ3n) is 4.59. The minimum Gasteiger partial charge on any atom is -0.339 e. The molecule has 0 aliphatic carbocycles. The number of carbonyl (C=O) groups is 1. The fourth-order valence-electron chi connectivity index (χ4n) is 3.06. The Hall–Kier alpha value is -3.99. The Bertz CT molecular complexity index is 1190. The number of hydrogen-bond acceptors (Lipinski definition) is 4. The smallest absolute Gasteiger partial charge is 0.259 e. The van der Waals surface area contributed by atoms with E-state index >= 15 is 0 Å². The van der Waals surface area contributed by atoms with Crippen molar-refractivity contribution in [3.63, 3.8) is 0 Å². The molecule has 5 nitrogen and oxygen atoms in total. The van der Waals surface area contributed by atoms with Crippen molar-refractivity contribution in [3.8, 4) is 0 Å². The van der Waals surface area contributed by atoms with Crippen molar-refractivity contribution in [2.45, 2.75) is 6.92 Å². The van der Waals surface area contributed by atoms with Gasteiger partial charge in [0.15, 0.2) is 0 Å². The maximum absolute atomic E-state index is 12.9. The summed E-state index contributed by atoms with van der Waals surface area (Å²) >= 11 is 0. The molecule has 2 aromatic carbocycles. The first-order valence-electron chi connectivity index (χ1n) is 9.25. The Morgan fingerprint density at radius 2 is 1.66 bits per heavy atom. The molecule has 0 bridgehead atoms. The fraction of sp³-hybridized carbons (Fsp3) is 0.0417. The summed E-state index contributed by atoms with van der Waals surface area (Å²) in [5, 5.41) is 7.17. The van der Waals surface area contributed by atoms with Crippen LogP contribution in [0.25, 0.3) is 16.5 Å². The molecule has 2 heterocycles. The molecular formula is C24H20N4O. The van der Waals surface area contributed by atoms with Crippen LogP contribution in [-0.4, -0.2) is 15.9 Å². The second-order valence-electron chi connectivity index (χ2n) is 6.71. The minimum atomic E-state index is -0.234. The monoisotopic (exact) mass is 380 g/mol. The normalized spacial score (nSPS) is 10.5. The summed E-state index contributed by atoms with van der Waals surface area (Å²) in [5.41, 5.74) is 4.90. The first kappa shape index (κ1) is 18.4. The van der Waals surface area contributed by atoms with Crippen molar-refractivity contribution in [1.82, 2.24) is 9.97 Å². The molecule has 0 spiro atoms. The summed E-state index contributed by atoms with van der Waals surface area (Å²) in [7, 11) is 0. The third-order valence-corrected chi connectivity index (χ3v) is 4.59. The quantitative estimate of drug-likeness (QED) is 0.469. The van der Waals surface area contributed by atoms with Crippen LogP contribution >= 0.6 is 0 Å². The van der Waals surface area contributed by atoms with E-state index in [2.05, 4.69) is 27.2 Å². The number of fused-ring (bicyclic) bond motifs is 1. The van der Waals surface area contributed by atoms with Gasteiger partial charge in [-0.25, -0.2) is 4.98 Å². The molecule has 0 unspecified atom stereocenters. The van der Waals surface area contributed by atoms with Crippen molar-refractivity contribution in [2.75, 3.05) is 10.6 Å². The molecule has 0 saturated carbocycles. The summed E-state index contributed by atoms with van der Waals surface area (Å²) in [5.74, 6) is 0.252. The highest BCUT2D eigenvalue weighted by Crippen LogP contribution is 2.26. The van der Waals surface area contributed by atoms with E-state index in [1.54, 1.807) is 24.5 Å². The van der Waals surface area contributed by atoms with E-state index in [1.807, 2.05) is 61.5 Å². The number of pyridine rings is 2. The molecule has 2 N–H and O–H groups in total. The number of hydrogen-bond donors (Lipinski definition) is 2. The van der Waals surface area contributed by atoms with E-state index in [-0.39, 0.29) is 5.91 Å². The highest BCUT2D eigenvalue weighted by molar-refractivity contribution is 6.08. The van der Waals surface area contributed by atoms with Gasteiger partial charge in [0.1, 0.15) is 5.82 Å². The Kier molecular flexibility index (Phi) is 5.03. The lowest BCUT2D eigenvalue weighted by Crippen LogP contribution is -2.14. The van der Waals surface area contributed by atoms with Gasteiger partial charge in [-0.15, -0.1) is 0 Å². The number of nitrogens with one attached hydrogen (secondary N) is 2. The number of nitrogens with zero attached hydrogens (tertiary/aromatic N) is 2. The van der Waals surface area contributed by atoms with Gasteiger partial charge in [-0.1, -0.05) is 30.4 Å². The molecule has 0 atom stereocenters. The second-order valence-corrected chi connectivity index (χ2v) is 6.71. The molecule has 1 amide bonds. The van der Waals surface area contributed by atoms with Crippen LogP contribution in [0.1, 0.15) is 22.8 Å². The minimum absolute atomic E-state index is 0.234. The zero-order chi connectivity index (χ0) is 20.2. The van der Waals surface area contributed by atoms with Gasteiger partial charge in [0.05, 0.1) is 11.1 Å². The molecule has 5 heteroatoms. The molecule has 2 aromatic heterocycles. The topological polar surface area (TPSA) is 66.9 Å². The lowest BCUT2D eigenvalue weighted by molar-refractivity contribution is 0.102. The Morgan fingerprint density at radius 3 is 2.45 bits per heavy atom. The van der Waals surface area contributed by atoms with Crippen LogP contribution in [0.15, 0.2) is 85.7 Å². The molecule has 0 fully saturated rings. The standard InChI is InChI=1S/C24H20N4O/c1-16(2)17-10-12-18(13-11-17)27-24(29)20-7-5-15-26-23(20)28-22-9-3-8-21-19(22)6-4-14-25-21/h3-15H,1H2,2H3,(H,26,28)(H,27,29). The first-order valence-corrected chi connectivity index (χ1v) is 9.25. The molecule has 0 aliphatic rings. The number of anilines is 3. The van der Waals surface area contributed by atoms with Crippen LogP contribution < -0.4 is 10.6 Å². The molecule has 0 radical (unpaired) electrons. The average molecular weight is 380 g/mol. The van der Waals surface area contributed by atoms with Crippen molar-refractivity contribution in [3.05, 3.63) is 96.8 Å². The van der Waals surface area contributed by atoms with E-state index in [1.165, 1.54) is 0 Å². The average Bonchev–Trinajstić information content (AvgIpc) is 2.75. The van der Waals surface area contributed by atoms with Gasteiger partial charge < -0.3 is 10.6 Å². The van der Waals surface area contributed by atoms with E-state index in [0.717, 1.165) is 27.7 Å². The van der Waals surface area contributed by atoms with E-state index in [4.69, 9.17) is 0 Å². The number of rotatable bonds is 5. The van der Waals surface area contributed by atoms with Crippen molar-refractivity contribution < 1.29 is 4.79 Å². The van der Waals surface area contributed by atoms with Crippen LogP contribution in [-0.2, 0) is 0 Å². The fourth-order valence-corrected chi connectivity index (χ4v) is 3.06. The van der Waals surface area contributed by atoms with Gasteiger partial charge in [0, 0.05) is 29.2 Å². The summed E-state index contributed by atoms with van der Waals surface area (Å²) < 4.78 is 0. The van der Waals surface area contributed by atoms with E-state index in [0.29, 0.717) is 17.1 Å². The van der Waals surface area contributed by atoms with Crippen LogP contribution in [0.2, 0.25) is 0 Å². The first-order chi connectivity index (χ1) is 14.1. The van der Waals surface area contributed by atoms with Crippen LogP contribution in [0.4, 0.5) is 17.2 Å². The van der Waals surface area contributed by atoms with Gasteiger partial charge >= 0.3 is 0 Å². The number of aromatic nitrogens is 2. The van der Waals surface area contributed by atoms with Gasteiger partial charge in [0.25, 0.3) is 5.91 Å². The predicted octanol–water partition coefficient (Wildman–Crippen LogP) is 5.66. The van der Waals surface area contributed by atoms with Gasteiger partial charge in [-0.2, -0.15) is 0 Å². The number of benzene rings is 2.